The van der Waals surface area contributed by atoms with Crippen LogP contribution in [0.1, 0.15) is 18.2 Å². The van der Waals surface area contributed by atoms with Crippen molar-refractivity contribution in [3.05, 3.63) is 83.5 Å². The fourth-order valence-electron chi connectivity index (χ4n) is 3.30. The SMILES string of the molecule is NCCC(N)c1nc(-c2ccc(-c3ccccc3)cc2)nc2cc(Cl)ccc12. The molecule has 1 heterocycles. The molecule has 0 saturated heterocycles. The first kappa shape index (κ1) is 18.6. The second-order valence-corrected chi connectivity index (χ2v) is 7.16. The average molecular weight is 389 g/mol. The summed E-state index contributed by atoms with van der Waals surface area (Å²) in [5.41, 5.74) is 16.9. The molecule has 1 unspecified atom stereocenters. The molecule has 0 aliphatic rings. The van der Waals surface area contributed by atoms with Gasteiger partial charge in [-0.3, -0.25) is 0 Å². The van der Waals surface area contributed by atoms with Gasteiger partial charge in [0.15, 0.2) is 5.82 Å². The van der Waals surface area contributed by atoms with Crippen molar-refractivity contribution in [2.45, 2.75) is 12.5 Å². The number of hydrogen-bond donors (Lipinski definition) is 2. The molecule has 0 saturated carbocycles. The number of nitrogens with zero attached hydrogens (tertiary/aromatic N) is 2. The number of halogens is 1. The summed E-state index contributed by atoms with van der Waals surface area (Å²) in [5, 5.41) is 1.55. The van der Waals surface area contributed by atoms with Gasteiger partial charge in [0, 0.05) is 22.0 Å². The Morgan fingerprint density at radius 1 is 0.821 bits per heavy atom. The van der Waals surface area contributed by atoms with Crippen molar-refractivity contribution in [2.75, 3.05) is 6.54 Å². The minimum Gasteiger partial charge on any atom is -0.330 e. The highest BCUT2D eigenvalue weighted by molar-refractivity contribution is 6.31. The van der Waals surface area contributed by atoms with Crippen molar-refractivity contribution in [2.24, 2.45) is 11.5 Å². The van der Waals surface area contributed by atoms with Crippen LogP contribution in [0, 0.1) is 0 Å². The molecule has 140 valence electrons. The molecule has 4 aromatic rings. The van der Waals surface area contributed by atoms with Gasteiger partial charge < -0.3 is 11.5 Å². The molecule has 0 aliphatic carbocycles. The Morgan fingerprint density at radius 3 is 2.21 bits per heavy atom. The second kappa shape index (κ2) is 8.07. The summed E-state index contributed by atoms with van der Waals surface area (Å²) < 4.78 is 0. The monoisotopic (exact) mass is 388 g/mol. The number of nitrogens with two attached hydrogens (primary N) is 2. The van der Waals surface area contributed by atoms with Crippen LogP contribution >= 0.6 is 11.6 Å². The lowest BCUT2D eigenvalue weighted by atomic mass is 10.0. The van der Waals surface area contributed by atoms with Crippen LogP contribution in [-0.4, -0.2) is 16.5 Å². The summed E-state index contributed by atoms with van der Waals surface area (Å²) in [7, 11) is 0. The Bertz CT molecular complexity index is 1090. The highest BCUT2D eigenvalue weighted by Crippen LogP contribution is 2.29. The molecule has 0 radical (unpaired) electrons. The quantitative estimate of drug-likeness (QED) is 0.506. The maximum absolute atomic E-state index is 6.35. The third kappa shape index (κ3) is 3.76. The fourth-order valence-corrected chi connectivity index (χ4v) is 3.46. The van der Waals surface area contributed by atoms with Crippen LogP contribution in [0.15, 0.2) is 72.8 Å². The van der Waals surface area contributed by atoms with Gasteiger partial charge in [-0.25, -0.2) is 9.97 Å². The molecule has 0 amide bonds. The second-order valence-electron chi connectivity index (χ2n) is 6.72. The maximum atomic E-state index is 6.35. The van der Waals surface area contributed by atoms with E-state index < -0.39 is 0 Å². The average Bonchev–Trinajstić information content (AvgIpc) is 2.73. The molecule has 0 spiro atoms. The van der Waals surface area contributed by atoms with Crippen LogP contribution in [0.5, 0.6) is 0 Å². The van der Waals surface area contributed by atoms with Crippen LogP contribution in [0.4, 0.5) is 0 Å². The van der Waals surface area contributed by atoms with Crippen LogP contribution in [0.3, 0.4) is 0 Å². The zero-order valence-corrected chi connectivity index (χ0v) is 16.1. The third-order valence-corrected chi connectivity index (χ3v) is 5.00. The molecule has 4 N–H and O–H groups in total. The number of hydrogen-bond acceptors (Lipinski definition) is 4. The summed E-state index contributed by atoms with van der Waals surface area (Å²) in [6.07, 6.45) is 0.654. The van der Waals surface area contributed by atoms with E-state index in [1.54, 1.807) is 0 Å². The highest BCUT2D eigenvalue weighted by atomic mass is 35.5. The van der Waals surface area contributed by atoms with Crippen LogP contribution in [0.25, 0.3) is 33.4 Å². The van der Waals surface area contributed by atoms with Crippen LogP contribution < -0.4 is 11.5 Å². The third-order valence-electron chi connectivity index (χ3n) is 4.77. The van der Waals surface area contributed by atoms with Gasteiger partial charge in [-0.05, 0) is 42.3 Å². The Balaban J connectivity index is 1.79. The van der Waals surface area contributed by atoms with Crippen LogP contribution in [-0.2, 0) is 0 Å². The van der Waals surface area contributed by atoms with E-state index in [9.17, 15) is 0 Å². The maximum Gasteiger partial charge on any atom is 0.160 e. The first-order chi connectivity index (χ1) is 13.7. The van der Waals surface area contributed by atoms with Crippen molar-refractivity contribution >= 4 is 22.5 Å². The molecule has 4 nitrogen and oxygen atoms in total. The molecular formula is C23H21ClN4. The molecule has 1 atom stereocenters. The Hall–Kier alpha value is -2.79. The summed E-state index contributed by atoms with van der Waals surface area (Å²) in [4.78, 5) is 9.52. The summed E-state index contributed by atoms with van der Waals surface area (Å²) in [5.74, 6) is 0.636. The number of fused-ring (bicyclic) bond motifs is 1. The van der Waals surface area contributed by atoms with Crippen LogP contribution in [0.2, 0.25) is 5.02 Å². The lowest BCUT2D eigenvalue weighted by Crippen LogP contribution is -2.17. The van der Waals surface area contributed by atoms with Gasteiger partial charge in [-0.2, -0.15) is 0 Å². The zero-order valence-electron chi connectivity index (χ0n) is 15.3. The van der Waals surface area contributed by atoms with E-state index in [-0.39, 0.29) is 6.04 Å². The summed E-state index contributed by atoms with van der Waals surface area (Å²) in [6.45, 7) is 0.501. The lowest BCUT2D eigenvalue weighted by Gasteiger charge is -2.15. The molecule has 0 aliphatic heterocycles. The standard InChI is InChI=1S/C23H21ClN4/c24-18-10-11-19-21(14-18)27-23(28-22(19)20(26)12-13-25)17-8-6-16(7-9-17)15-4-2-1-3-5-15/h1-11,14,20H,12-13,25-26H2. The van der Waals surface area contributed by atoms with Crippen molar-refractivity contribution in [3.63, 3.8) is 0 Å². The summed E-state index contributed by atoms with van der Waals surface area (Å²) >= 11 is 6.19. The van der Waals surface area contributed by atoms with E-state index in [4.69, 9.17) is 33.0 Å². The number of aromatic nitrogens is 2. The van der Waals surface area contributed by atoms with Crippen molar-refractivity contribution < 1.29 is 0 Å². The van der Waals surface area contributed by atoms with Gasteiger partial charge in [-0.15, -0.1) is 0 Å². The molecule has 1 aromatic heterocycles. The molecule has 0 fully saturated rings. The fraction of sp³-hybridized carbons (Fsp3) is 0.130. The van der Waals surface area contributed by atoms with Gasteiger partial charge in [0.2, 0.25) is 0 Å². The lowest BCUT2D eigenvalue weighted by molar-refractivity contribution is 0.648. The molecule has 4 rings (SSSR count). The predicted molar refractivity (Wildman–Crippen MR) is 116 cm³/mol. The topological polar surface area (TPSA) is 77.8 Å². The number of benzene rings is 3. The van der Waals surface area contributed by atoms with E-state index in [0.29, 0.717) is 23.8 Å². The minimum absolute atomic E-state index is 0.251. The van der Waals surface area contributed by atoms with E-state index in [2.05, 4.69) is 24.3 Å². The predicted octanol–water partition coefficient (Wildman–Crippen LogP) is 4.97. The van der Waals surface area contributed by atoms with Crippen molar-refractivity contribution in [1.29, 1.82) is 0 Å². The Kier molecular flexibility index (Phi) is 5.35. The number of rotatable bonds is 5. The first-order valence-electron chi connectivity index (χ1n) is 9.24. The molecule has 3 aromatic carbocycles. The molecule has 0 bridgehead atoms. The molecular weight excluding hydrogens is 368 g/mol. The van der Waals surface area contributed by atoms with E-state index in [1.165, 1.54) is 5.56 Å². The largest absolute Gasteiger partial charge is 0.330 e. The minimum atomic E-state index is -0.251. The normalized spacial score (nSPS) is 12.2. The van der Waals surface area contributed by atoms with Gasteiger partial charge in [0.1, 0.15) is 0 Å². The van der Waals surface area contributed by atoms with E-state index in [1.807, 2.05) is 48.5 Å². The van der Waals surface area contributed by atoms with Crippen molar-refractivity contribution in [3.8, 4) is 22.5 Å². The Morgan fingerprint density at radius 2 is 1.50 bits per heavy atom. The van der Waals surface area contributed by atoms with Gasteiger partial charge in [0.25, 0.3) is 0 Å². The molecule has 28 heavy (non-hydrogen) atoms. The first-order valence-corrected chi connectivity index (χ1v) is 9.62. The van der Waals surface area contributed by atoms with Gasteiger partial charge >= 0.3 is 0 Å². The summed E-state index contributed by atoms with van der Waals surface area (Å²) in [6, 6.07) is 23.8. The smallest absolute Gasteiger partial charge is 0.160 e. The van der Waals surface area contributed by atoms with Crippen molar-refractivity contribution in [1.82, 2.24) is 9.97 Å². The van der Waals surface area contributed by atoms with Gasteiger partial charge in [-0.1, -0.05) is 66.2 Å². The van der Waals surface area contributed by atoms with Gasteiger partial charge in [0.05, 0.1) is 11.2 Å². The van der Waals surface area contributed by atoms with E-state index >= 15 is 0 Å². The molecule has 5 heteroatoms. The Labute approximate surface area is 169 Å². The highest BCUT2D eigenvalue weighted by Gasteiger charge is 2.15. The zero-order chi connectivity index (χ0) is 19.5. The van der Waals surface area contributed by atoms with E-state index in [0.717, 1.165) is 27.7 Å².